The number of aryl methyl sites for hydroxylation is 5. The van der Waals surface area contributed by atoms with Crippen LogP contribution < -0.4 is 14.7 Å². The number of carbonyl (C=O) groups excluding carboxylic acids is 1. The van der Waals surface area contributed by atoms with Crippen LogP contribution in [0.4, 0.5) is 5.95 Å². The van der Waals surface area contributed by atoms with Gasteiger partial charge in [0.25, 0.3) is 0 Å². The van der Waals surface area contributed by atoms with Crippen molar-refractivity contribution in [3.05, 3.63) is 69.4 Å². The molecule has 1 aliphatic rings. The van der Waals surface area contributed by atoms with E-state index in [9.17, 15) is 13.2 Å². The highest BCUT2D eigenvalue weighted by Crippen LogP contribution is 2.31. The summed E-state index contributed by atoms with van der Waals surface area (Å²) in [6, 6.07) is 9.23. The molecular weight excluding hydrogens is 592 g/mol. The molecule has 1 aromatic heterocycles. The second kappa shape index (κ2) is 13.7. The number of carbonyl (C=O) groups is 1. The van der Waals surface area contributed by atoms with Crippen molar-refractivity contribution in [2.45, 2.75) is 97.6 Å². The van der Waals surface area contributed by atoms with Gasteiger partial charge in [0, 0.05) is 18.5 Å². The molecule has 1 fully saturated rings. The van der Waals surface area contributed by atoms with Crippen LogP contribution in [0.25, 0.3) is 0 Å². The topological polar surface area (TPSA) is 134 Å². The first kappa shape index (κ1) is 34.2. The van der Waals surface area contributed by atoms with Crippen molar-refractivity contribution in [2.24, 2.45) is 0 Å². The maximum Gasteiger partial charge on any atom is 0.341 e. The summed E-state index contributed by atoms with van der Waals surface area (Å²) in [6.07, 6.45) is 2.92. The molecule has 2 aromatic carbocycles. The van der Waals surface area contributed by atoms with Gasteiger partial charge in [-0.2, -0.15) is 13.4 Å². The van der Waals surface area contributed by atoms with Gasteiger partial charge in [0.1, 0.15) is 22.3 Å². The molecule has 11 heteroatoms. The molecule has 0 amide bonds. The largest absolute Gasteiger partial charge is 0.494 e. The fourth-order valence-corrected chi connectivity index (χ4v) is 7.24. The average Bonchev–Trinajstić information content (AvgIpc) is 3.36. The summed E-state index contributed by atoms with van der Waals surface area (Å²) in [7, 11) is -4.19. The summed E-state index contributed by atoms with van der Waals surface area (Å²) >= 11 is 0. The number of likely N-dealkylation sites (tertiary alicyclic amines) is 1. The standard InChI is InChI=1S/C34H46N4O6S/c1-21-17-23(3)30(24(4)18-21)45(40,41)44-31-28(25(5)36-33(35)37-31)20-26-12-13-27(19-22(26)2)42-16-10-15-38-14-9-11-29(38)32(39)43-34(6,7)8/h12-13,17-19,29H,9-11,14-16,20H2,1-8H3,(H2,35,36,37)/t29-/m1/s1. The number of nitrogens with two attached hydrogens (primary N) is 1. The Labute approximate surface area is 267 Å². The minimum Gasteiger partial charge on any atom is -0.494 e. The third-order valence-corrected chi connectivity index (χ3v) is 9.34. The van der Waals surface area contributed by atoms with Crippen molar-refractivity contribution >= 4 is 22.0 Å². The molecule has 0 saturated carbocycles. The lowest BCUT2D eigenvalue weighted by molar-refractivity contribution is -0.160. The molecule has 1 saturated heterocycles. The van der Waals surface area contributed by atoms with Gasteiger partial charge in [0.15, 0.2) is 0 Å². The minimum atomic E-state index is -4.19. The van der Waals surface area contributed by atoms with Crippen molar-refractivity contribution in [3.8, 4) is 11.6 Å². The lowest BCUT2D eigenvalue weighted by atomic mass is 10.00. The molecule has 1 atom stereocenters. The zero-order chi connectivity index (χ0) is 33.1. The van der Waals surface area contributed by atoms with E-state index in [0.29, 0.717) is 35.4 Å². The number of hydrogen-bond acceptors (Lipinski definition) is 10. The van der Waals surface area contributed by atoms with E-state index in [-0.39, 0.29) is 28.7 Å². The maximum atomic E-state index is 13.4. The number of aromatic nitrogens is 2. The third-order valence-electron chi connectivity index (χ3n) is 7.82. The SMILES string of the molecule is Cc1cc(C)c(S(=O)(=O)Oc2nc(N)nc(C)c2Cc2ccc(OCCCN3CCC[C@@H]3C(=O)OC(C)(C)C)cc2C)c(C)c1. The predicted molar refractivity (Wildman–Crippen MR) is 174 cm³/mol. The molecule has 1 aliphatic heterocycles. The number of nitrogens with zero attached hydrogens (tertiary/aromatic N) is 3. The van der Waals surface area contributed by atoms with E-state index in [0.717, 1.165) is 54.8 Å². The van der Waals surface area contributed by atoms with Gasteiger partial charge in [-0.25, -0.2) is 4.98 Å². The fraction of sp³-hybridized carbons (Fsp3) is 0.500. The van der Waals surface area contributed by atoms with Gasteiger partial charge in [-0.3, -0.25) is 9.69 Å². The molecule has 3 aromatic rings. The fourth-order valence-electron chi connectivity index (χ4n) is 5.90. The molecule has 2 heterocycles. The van der Waals surface area contributed by atoms with Gasteiger partial charge >= 0.3 is 16.1 Å². The van der Waals surface area contributed by atoms with E-state index >= 15 is 0 Å². The summed E-state index contributed by atoms with van der Waals surface area (Å²) in [5, 5.41) is 0. The van der Waals surface area contributed by atoms with E-state index in [4.69, 9.17) is 19.4 Å². The van der Waals surface area contributed by atoms with E-state index in [2.05, 4.69) is 14.9 Å². The van der Waals surface area contributed by atoms with Crippen LogP contribution in [0.1, 0.15) is 79.1 Å². The summed E-state index contributed by atoms with van der Waals surface area (Å²) in [5.74, 6) is 0.438. The third kappa shape index (κ3) is 8.73. The summed E-state index contributed by atoms with van der Waals surface area (Å²) in [4.78, 5) is 23.4. The van der Waals surface area contributed by atoms with Crippen molar-refractivity contribution in [2.75, 3.05) is 25.4 Å². The van der Waals surface area contributed by atoms with E-state index < -0.39 is 15.7 Å². The molecule has 0 unspecified atom stereocenters. The second-order valence-corrected chi connectivity index (χ2v) is 14.4. The molecule has 0 bridgehead atoms. The summed E-state index contributed by atoms with van der Waals surface area (Å²) < 4.78 is 44.2. The molecule has 4 rings (SSSR count). The Hall–Kier alpha value is -3.70. The Morgan fingerprint density at radius 1 is 1.02 bits per heavy atom. The number of anilines is 1. The summed E-state index contributed by atoms with van der Waals surface area (Å²) in [5.41, 5.74) is 10.6. The molecule has 244 valence electrons. The zero-order valence-electron chi connectivity index (χ0n) is 27.7. The number of rotatable bonds is 11. The van der Waals surface area contributed by atoms with Gasteiger partial charge < -0.3 is 19.4 Å². The Kier molecular flexibility index (Phi) is 10.4. The Morgan fingerprint density at radius 2 is 1.71 bits per heavy atom. The molecular formula is C34H46N4O6S. The maximum absolute atomic E-state index is 13.4. The lowest BCUT2D eigenvalue weighted by Crippen LogP contribution is -2.41. The average molecular weight is 639 g/mol. The molecule has 10 nitrogen and oxygen atoms in total. The van der Waals surface area contributed by atoms with Crippen LogP contribution in [-0.2, 0) is 26.1 Å². The number of benzene rings is 2. The van der Waals surface area contributed by atoms with Crippen molar-refractivity contribution < 1.29 is 26.9 Å². The zero-order valence-corrected chi connectivity index (χ0v) is 28.5. The summed E-state index contributed by atoms with van der Waals surface area (Å²) in [6.45, 7) is 17.0. The molecule has 0 radical (unpaired) electrons. The van der Waals surface area contributed by atoms with Crippen LogP contribution in [0.2, 0.25) is 0 Å². The van der Waals surface area contributed by atoms with Crippen LogP contribution in [0.3, 0.4) is 0 Å². The number of nitrogen functional groups attached to an aromatic ring is 1. The first-order valence-electron chi connectivity index (χ1n) is 15.4. The van der Waals surface area contributed by atoms with Gasteiger partial charge in [-0.1, -0.05) is 23.8 Å². The number of esters is 1. The Balaban J connectivity index is 1.42. The van der Waals surface area contributed by atoms with Gasteiger partial charge in [-0.15, -0.1) is 0 Å². The van der Waals surface area contributed by atoms with E-state index in [1.807, 2.05) is 65.0 Å². The molecule has 45 heavy (non-hydrogen) atoms. The molecule has 0 aliphatic carbocycles. The van der Waals surface area contributed by atoms with E-state index in [1.165, 1.54) is 0 Å². The van der Waals surface area contributed by atoms with Gasteiger partial charge in [0.2, 0.25) is 11.8 Å². The van der Waals surface area contributed by atoms with Crippen molar-refractivity contribution in [1.82, 2.24) is 14.9 Å². The quantitative estimate of drug-likeness (QED) is 0.162. The van der Waals surface area contributed by atoms with Crippen LogP contribution in [0.5, 0.6) is 11.6 Å². The van der Waals surface area contributed by atoms with Crippen LogP contribution in [0, 0.1) is 34.6 Å². The van der Waals surface area contributed by atoms with Crippen molar-refractivity contribution in [3.63, 3.8) is 0 Å². The van der Waals surface area contributed by atoms with Gasteiger partial charge in [-0.05, 0) is 116 Å². The highest BCUT2D eigenvalue weighted by atomic mass is 32.2. The van der Waals surface area contributed by atoms with Crippen LogP contribution in [0.15, 0.2) is 35.2 Å². The predicted octanol–water partition coefficient (Wildman–Crippen LogP) is 5.53. The molecule has 2 N–H and O–H groups in total. The van der Waals surface area contributed by atoms with Crippen LogP contribution in [-0.4, -0.2) is 60.6 Å². The smallest absolute Gasteiger partial charge is 0.341 e. The lowest BCUT2D eigenvalue weighted by Gasteiger charge is -2.27. The second-order valence-electron chi connectivity index (χ2n) is 12.9. The minimum absolute atomic E-state index is 0.0642. The van der Waals surface area contributed by atoms with Crippen molar-refractivity contribution in [1.29, 1.82) is 0 Å². The first-order valence-corrected chi connectivity index (χ1v) is 16.8. The normalized spacial score (nSPS) is 15.7. The van der Waals surface area contributed by atoms with Crippen LogP contribution >= 0.6 is 0 Å². The Bertz CT molecular complexity index is 1640. The Morgan fingerprint density at radius 3 is 2.36 bits per heavy atom. The number of ether oxygens (including phenoxy) is 2. The first-order chi connectivity index (χ1) is 21.0. The number of hydrogen-bond donors (Lipinski definition) is 1. The highest BCUT2D eigenvalue weighted by molar-refractivity contribution is 7.87. The molecule has 0 spiro atoms. The van der Waals surface area contributed by atoms with E-state index in [1.54, 1.807) is 20.8 Å². The monoisotopic (exact) mass is 638 g/mol. The van der Waals surface area contributed by atoms with Gasteiger partial charge in [0.05, 0.1) is 12.3 Å². The highest BCUT2D eigenvalue weighted by Gasteiger charge is 2.33.